The second kappa shape index (κ2) is 15.7. The lowest BCUT2D eigenvalue weighted by Crippen LogP contribution is -2.72. The maximum Gasteiger partial charge on any atom is 0.308 e. The summed E-state index contributed by atoms with van der Waals surface area (Å²) in [5.41, 5.74) is 0. The van der Waals surface area contributed by atoms with Gasteiger partial charge in [-0.25, -0.2) is 0 Å². The van der Waals surface area contributed by atoms with Crippen LogP contribution in [0, 0.1) is 0 Å². The minimum atomic E-state index is -2.88. The molecule has 6 N–H and O–H groups in total. The van der Waals surface area contributed by atoms with Gasteiger partial charge in [-0.3, -0.25) is 4.79 Å². The Bertz CT molecular complexity index is 522. The summed E-state index contributed by atoms with van der Waals surface area (Å²) in [6.45, 7) is 2.23. The predicted octanol–water partition coefficient (Wildman–Crippen LogP) is 2.07. The fourth-order valence-electron chi connectivity index (χ4n) is 3.93. The van der Waals surface area contributed by atoms with Crippen LogP contribution in [0.2, 0.25) is 0 Å². The zero-order valence-corrected chi connectivity index (χ0v) is 19.4. The number of esters is 1. The van der Waals surface area contributed by atoms with Crippen LogP contribution in [-0.4, -0.2) is 72.9 Å². The van der Waals surface area contributed by atoms with Crippen LogP contribution in [0.25, 0.3) is 0 Å². The molecule has 0 aromatic heterocycles. The Morgan fingerprint density at radius 3 is 1.66 bits per heavy atom. The van der Waals surface area contributed by atoms with Crippen molar-refractivity contribution in [3.05, 3.63) is 12.2 Å². The second-order valence-corrected chi connectivity index (χ2v) is 8.92. The van der Waals surface area contributed by atoms with E-state index in [2.05, 4.69) is 19.1 Å². The number of aliphatic hydroxyl groups is 6. The molecule has 0 aromatic rings. The van der Waals surface area contributed by atoms with Crippen LogP contribution in [0.3, 0.4) is 0 Å². The molecule has 8 nitrogen and oxygen atoms in total. The van der Waals surface area contributed by atoms with Crippen molar-refractivity contribution < 1.29 is 40.2 Å². The van der Waals surface area contributed by atoms with Gasteiger partial charge in [-0.2, -0.15) is 0 Å². The highest BCUT2D eigenvalue weighted by atomic mass is 16.7. The molecule has 2 unspecified atom stereocenters. The quantitative estimate of drug-likeness (QED) is 0.0888. The fraction of sp³-hybridized carbons (Fsp3) is 0.875. The monoisotopic (exact) mass is 460 g/mol. The lowest BCUT2D eigenvalue weighted by molar-refractivity contribution is -0.347. The standard InChI is InChI=1S/C24H44O8/c1-2-3-4-5-6-7-8-9-10-11-12-13-14-15-16-17-18(25)32-24(31)22(29)20(27)19(26)21(28)23(24)30/h9-10,19-23,26-31H,2-8,11-17H2,1H3/b10-9-/t19?,20-,21+,22-,23-,24?/m1/s1. The van der Waals surface area contributed by atoms with E-state index in [1.165, 1.54) is 38.5 Å². The minimum absolute atomic E-state index is 0.0331. The molecule has 0 saturated heterocycles. The molecule has 0 aliphatic heterocycles. The van der Waals surface area contributed by atoms with E-state index in [4.69, 9.17) is 4.74 Å². The summed E-state index contributed by atoms with van der Waals surface area (Å²) in [5, 5.41) is 58.9. The number of unbranched alkanes of at least 4 members (excludes halogenated alkanes) is 11. The van der Waals surface area contributed by atoms with E-state index in [1.807, 2.05) is 0 Å². The highest BCUT2D eigenvalue weighted by Gasteiger charge is 2.60. The Morgan fingerprint density at radius 2 is 1.16 bits per heavy atom. The normalized spacial score (nSPS) is 30.7. The van der Waals surface area contributed by atoms with Gasteiger partial charge in [-0.1, -0.05) is 70.4 Å². The van der Waals surface area contributed by atoms with Gasteiger partial charge in [0.25, 0.3) is 5.79 Å². The van der Waals surface area contributed by atoms with Gasteiger partial charge in [0, 0.05) is 6.42 Å². The van der Waals surface area contributed by atoms with Crippen LogP contribution in [-0.2, 0) is 9.53 Å². The second-order valence-electron chi connectivity index (χ2n) is 8.92. The average molecular weight is 461 g/mol. The molecular weight excluding hydrogens is 416 g/mol. The van der Waals surface area contributed by atoms with Crippen LogP contribution in [0.4, 0.5) is 0 Å². The van der Waals surface area contributed by atoms with E-state index in [-0.39, 0.29) is 6.42 Å². The molecule has 0 aromatic carbocycles. The number of hydrogen-bond donors (Lipinski definition) is 6. The third-order valence-corrected chi connectivity index (χ3v) is 6.11. The molecule has 1 saturated carbocycles. The third-order valence-electron chi connectivity index (χ3n) is 6.11. The summed E-state index contributed by atoms with van der Waals surface area (Å²) in [7, 11) is 0. The molecule has 0 radical (unpaired) electrons. The number of rotatable bonds is 16. The van der Waals surface area contributed by atoms with Crippen molar-refractivity contribution in [3.63, 3.8) is 0 Å². The largest absolute Gasteiger partial charge is 0.427 e. The molecule has 0 spiro atoms. The summed E-state index contributed by atoms with van der Waals surface area (Å²) in [6, 6.07) is 0. The van der Waals surface area contributed by atoms with Crippen molar-refractivity contribution in [2.45, 2.75) is 133 Å². The van der Waals surface area contributed by atoms with Gasteiger partial charge >= 0.3 is 5.97 Å². The van der Waals surface area contributed by atoms with E-state index < -0.39 is 42.3 Å². The van der Waals surface area contributed by atoms with Gasteiger partial charge in [0.2, 0.25) is 0 Å². The first-order valence-corrected chi connectivity index (χ1v) is 12.2. The highest BCUT2D eigenvalue weighted by Crippen LogP contribution is 2.32. The van der Waals surface area contributed by atoms with Crippen molar-refractivity contribution in [2.24, 2.45) is 0 Å². The van der Waals surface area contributed by atoms with Crippen molar-refractivity contribution >= 4 is 5.97 Å². The van der Waals surface area contributed by atoms with Gasteiger partial charge in [0.05, 0.1) is 0 Å². The molecule has 188 valence electrons. The zero-order valence-electron chi connectivity index (χ0n) is 19.4. The molecule has 1 fully saturated rings. The molecule has 0 heterocycles. The molecule has 8 heteroatoms. The molecule has 32 heavy (non-hydrogen) atoms. The van der Waals surface area contributed by atoms with Crippen molar-refractivity contribution in [2.75, 3.05) is 0 Å². The van der Waals surface area contributed by atoms with E-state index in [9.17, 15) is 35.4 Å². The van der Waals surface area contributed by atoms with Gasteiger partial charge in [-0.05, 0) is 32.1 Å². The van der Waals surface area contributed by atoms with E-state index in [0.717, 1.165) is 38.5 Å². The van der Waals surface area contributed by atoms with E-state index in [0.29, 0.717) is 6.42 Å². The Kier molecular flexibility index (Phi) is 14.3. The summed E-state index contributed by atoms with van der Waals surface area (Å²) in [6.07, 6.45) is 8.87. The van der Waals surface area contributed by atoms with Crippen molar-refractivity contribution in [3.8, 4) is 0 Å². The van der Waals surface area contributed by atoms with Crippen molar-refractivity contribution in [1.29, 1.82) is 0 Å². The first-order valence-electron chi connectivity index (χ1n) is 12.2. The van der Waals surface area contributed by atoms with Gasteiger partial charge in [0.15, 0.2) is 12.2 Å². The smallest absolute Gasteiger partial charge is 0.308 e. The SMILES string of the molecule is CCCCCCCC/C=C\CCCCCCCC(=O)OC1(O)[C@H](O)[C@H](O)C(O)[C@H](O)[C@H]1O. The summed E-state index contributed by atoms with van der Waals surface area (Å²) < 4.78 is 4.79. The molecule has 6 atom stereocenters. The Balaban J connectivity index is 2.10. The first kappa shape index (κ1) is 29.0. The van der Waals surface area contributed by atoms with Crippen LogP contribution in [0.5, 0.6) is 0 Å². The van der Waals surface area contributed by atoms with Crippen molar-refractivity contribution in [1.82, 2.24) is 0 Å². The maximum atomic E-state index is 12.0. The zero-order chi connectivity index (χ0) is 24.0. The van der Waals surface area contributed by atoms with Crippen LogP contribution >= 0.6 is 0 Å². The Hall–Kier alpha value is -1.03. The van der Waals surface area contributed by atoms with Crippen LogP contribution in [0.1, 0.15) is 96.8 Å². The molecule has 1 aliphatic carbocycles. The minimum Gasteiger partial charge on any atom is -0.427 e. The number of hydrogen-bond acceptors (Lipinski definition) is 8. The molecule has 1 aliphatic rings. The summed E-state index contributed by atoms with van der Waals surface area (Å²) in [5.74, 6) is -3.74. The van der Waals surface area contributed by atoms with Crippen LogP contribution < -0.4 is 0 Å². The lowest BCUT2D eigenvalue weighted by Gasteiger charge is -2.46. The predicted molar refractivity (Wildman–Crippen MR) is 121 cm³/mol. The highest BCUT2D eigenvalue weighted by molar-refractivity contribution is 5.69. The number of carbonyl (C=O) groups excluding carboxylic acids is 1. The number of allylic oxidation sites excluding steroid dienone is 2. The van der Waals surface area contributed by atoms with Gasteiger partial charge in [0.1, 0.15) is 18.3 Å². The van der Waals surface area contributed by atoms with Gasteiger partial charge < -0.3 is 35.4 Å². The molecule has 0 bridgehead atoms. The third kappa shape index (κ3) is 9.45. The maximum absolute atomic E-state index is 12.0. The first-order chi connectivity index (χ1) is 15.3. The Labute approximate surface area is 191 Å². The summed E-state index contributed by atoms with van der Waals surface area (Å²) >= 11 is 0. The molecule has 0 amide bonds. The Morgan fingerprint density at radius 1 is 0.719 bits per heavy atom. The number of aliphatic hydroxyl groups excluding tert-OH is 5. The summed E-state index contributed by atoms with van der Waals surface area (Å²) in [4.78, 5) is 12.0. The van der Waals surface area contributed by atoms with Crippen LogP contribution in [0.15, 0.2) is 12.2 Å². The number of carbonyl (C=O) groups is 1. The van der Waals surface area contributed by atoms with E-state index in [1.54, 1.807) is 0 Å². The van der Waals surface area contributed by atoms with Gasteiger partial charge in [-0.15, -0.1) is 0 Å². The average Bonchev–Trinajstić information content (AvgIpc) is 2.78. The fourth-order valence-corrected chi connectivity index (χ4v) is 3.93. The number of ether oxygens (including phenoxy) is 1. The van der Waals surface area contributed by atoms with E-state index >= 15 is 0 Å². The topological polar surface area (TPSA) is 148 Å². The molecular formula is C24H44O8. The lowest BCUT2D eigenvalue weighted by atomic mass is 9.82. The molecule has 1 rings (SSSR count).